The lowest BCUT2D eigenvalue weighted by atomic mass is 10.4. The molecule has 31 heteroatoms. The van der Waals surface area contributed by atoms with Crippen LogP contribution in [0.15, 0.2) is 12.7 Å². The molecule has 5 unspecified atom stereocenters. The highest BCUT2D eigenvalue weighted by atomic mass is 35.5. The first-order valence-corrected chi connectivity index (χ1v) is 28.0. The molecule has 5 atom stereocenters. The van der Waals surface area contributed by atoms with Gasteiger partial charge in [-0.05, 0) is 12.5 Å². The second kappa shape index (κ2) is 39.2. The van der Waals surface area contributed by atoms with E-state index in [4.69, 9.17) is 127 Å². The Balaban J connectivity index is -0.000000677. The lowest BCUT2D eigenvalue weighted by molar-refractivity contribution is -0.109. The van der Waals surface area contributed by atoms with Crippen LogP contribution in [0.4, 0.5) is 0 Å². The van der Waals surface area contributed by atoms with Gasteiger partial charge in [-0.2, -0.15) is 0 Å². The molecule has 2 aliphatic rings. The van der Waals surface area contributed by atoms with Crippen molar-refractivity contribution < 1.29 is 51.4 Å². The lowest BCUT2D eigenvalue weighted by Crippen LogP contribution is -2.41. The molecule has 8 N–H and O–H groups in total. The van der Waals surface area contributed by atoms with Crippen LogP contribution in [0, 0.1) is 0 Å². The number of nitrogens with two attached hydrogens (primary N) is 2. The van der Waals surface area contributed by atoms with Crippen molar-refractivity contribution in [1.82, 2.24) is 28.9 Å². The second-order valence-corrected chi connectivity index (χ2v) is 21.7. The van der Waals surface area contributed by atoms with Crippen LogP contribution in [0.2, 0.25) is 0 Å². The first-order valence-electron chi connectivity index (χ1n) is 17.2. The van der Waals surface area contributed by atoms with Crippen LogP contribution in [-0.4, -0.2) is 173 Å². The summed E-state index contributed by atoms with van der Waals surface area (Å²) in [7, 11) is -13.1. The molecule has 58 heavy (non-hydrogen) atoms. The highest BCUT2D eigenvalue weighted by Crippen LogP contribution is 2.49. The standard InChI is InChI=1S/C7H15Cl2N2O3P.C7H15Cl2N2O2P.C6H13Cl2N2O3P.C4H11Cl2N2O2P.C3H4O/c8-2-4-11(5-3-9)15(13)10-7(12)1-6-14-15;8-2-5-11(6-3-9)14(12)10-4-1-7-13-14;7-1-3-10(4-2-8)14(9,12)13-6-5-11;5-1-3-8(4-2-6)11(7,9)10;1-2-3-4/h7,12H,1-6H2,(H,10,13);1-7H2,(H,10,12);5H,1-4,6H2,(H2,9,12);1-4H2,(H3,7,9,10);2-3H,1H2. The summed E-state index contributed by atoms with van der Waals surface area (Å²) in [6.07, 6.45) is 2.84. The van der Waals surface area contributed by atoms with Gasteiger partial charge in [0.05, 0.1) is 13.2 Å². The Kier molecular flexibility index (Phi) is 43.3. The number of nitrogens with zero attached hydrogens (tertiary/aromatic N) is 4. The van der Waals surface area contributed by atoms with Crippen LogP contribution in [0.5, 0.6) is 0 Å². The molecular weight excluding hydrogens is 1020 g/mol. The van der Waals surface area contributed by atoms with Gasteiger partial charge < -0.3 is 23.8 Å². The molecule has 0 aromatic rings. The minimum Gasteiger partial charge on any atom is -0.378 e. The number of allylic oxidation sites excluding steroid dienone is 1. The molecule has 2 saturated heterocycles. The van der Waals surface area contributed by atoms with Gasteiger partial charge in [-0.3, -0.25) is 27.6 Å². The zero-order valence-electron chi connectivity index (χ0n) is 31.9. The van der Waals surface area contributed by atoms with Crippen LogP contribution in [0.3, 0.4) is 0 Å². The molecule has 0 aliphatic carbocycles. The predicted octanol–water partition coefficient (Wildman–Crippen LogP) is 5.33. The van der Waals surface area contributed by atoms with Crippen LogP contribution in [0.1, 0.15) is 12.8 Å². The van der Waals surface area contributed by atoms with Gasteiger partial charge in [-0.1, -0.05) is 6.58 Å². The van der Waals surface area contributed by atoms with Gasteiger partial charge in [-0.15, -0.1) is 92.8 Å². The fourth-order valence-electron chi connectivity index (χ4n) is 3.99. The highest BCUT2D eigenvalue weighted by molar-refractivity contribution is 7.55. The zero-order valence-corrected chi connectivity index (χ0v) is 41.5. The molecule has 0 saturated carbocycles. The lowest BCUT2D eigenvalue weighted by Gasteiger charge is -2.35. The van der Waals surface area contributed by atoms with E-state index in [1.165, 1.54) is 15.4 Å². The third-order valence-electron chi connectivity index (χ3n) is 6.58. The number of rotatable bonds is 24. The first-order chi connectivity index (χ1) is 27.4. The molecule has 2 fully saturated rings. The Bertz CT molecular complexity index is 1230. The number of carbonyl (C=O) groups is 2. The molecule has 2 heterocycles. The fourth-order valence-corrected chi connectivity index (χ4v) is 12.5. The third kappa shape index (κ3) is 30.8. The summed E-state index contributed by atoms with van der Waals surface area (Å²) in [5, 5.41) is 14.8. The van der Waals surface area contributed by atoms with Crippen LogP contribution >= 0.6 is 123 Å². The van der Waals surface area contributed by atoms with Gasteiger partial charge in [0.25, 0.3) is 0 Å². The largest absolute Gasteiger partial charge is 0.378 e. The van der Waals surface area contributed by atoms with E-state index in [-0.39, 0.29) is 49.8 Å². The Morgan fingerprint density at radius 3 is 1.47 bits per heavy atom. The summed E-state index contributed by atoms with van der Waals surface area (Å²) in [5.74, 6) is 2.57. The molecule has 0 radical (unpaired) electrons. The summed E-state index contributed by atoms with van der Waals surface area (Å²) >= 11 is 44.1. The average molecular weight is 1080 g/mol. The number of hydrogen-bond acceptors (Lipinski definition) is 10. The molecule has 2 rings (SSSR count). The summed E-state index contributed by atoms with van der Waals surface area (Å²) in [5.41, 5.74) is 10.4. The van der Waals surface area contributed by atoms with Gasteiger partial charge in [0, 0.05) is 112 Å². The van der Waals surface area contributed by atoms with E-state index in [1.807, 2.05) is 0 Å². The quantitative estimate of drug-likeness (QED) is 0.0309. The maximum atomic E-state index is 12.2. The van der Waals surface area contributed by atoms with Gasteiger partial charge in [0.1, 0.15) is 25.4 Å². The molecule has 2 aliphatic heterocycles. The van der Waals surface area contributed by atoms with E-state index in [0.29, 0.717) is 88.4 Å². The van der Waals surface area contributed by atoms with Crippen LogP contribution in [0.25, 0.3) is 0 Å². The number of aldehydes is 2. The number of aliphatic hydroxyl groups excluding tert-OH is 1. The summed E-state index contributed by atoms with van der Waals surface area (Å²) in [6.45, 7) is 7.37. The zero-order chi connectivity index (χ0) is 45.1. The molecule has 0 aromatic heterocycles. The van der Waals surface area contributed by atoms with E-state index in [1.54, 1.807) is 9.34 Å². The van der Waals surface area contributed by atoms with Crippen molar-refractivity contribution >= 4 is 136 Å². The van der Waals surface area contributed by atoms with Crippen molar-refractivity contribution in [1.29, 1.82) is 0 Å². The van der Waals surface area contributed by atoms with E-state index >= 15 is 0 Å². The van der Waals surface area contributed by atoms with Crippen molar-refractivity contribution in [2.24, 2.45) is 11.0 Å². The van der Waals surface area contributed by atoms with Crippen LogP contribution in [-0.2, 0) is 41.4 Å². The maximum absolute atomic E-state index is 12.2. The third-order valence-corrected chi connectivity index (χ3v) is 15.5. The van der Waals surface area contributed by atoms with E-state index in [9.17, 15) is 28.2 Å². The van der Waals surface area contributed by atoms with Crippen molar-refractivity contribution in [3.8, 4) is 0 Å². The van der Waals surface area contributed by atoms with Crippen LogP contribution < -0.4 is 21.2 Å². The van der Waals surface area contributed by atoms with Crippen molar-refractivity contribution in [2.75, 3.05) is 126 Å². The number of alkyl halides is 8. The van der Waals surface area contributed by atoms with Gasteiger partial charge in [0.2, 0.25) is 0 Å². The number of hydrogen-bond donors (Lipinski definition) is 6. The molecule has 0 spiro atoms. The average Bonchev–Trinajstić information content (AvgIpc) is 3.17. The minimum absolute atomic E-state index is 0.263. The smallest absolute Gasteiger partial charge is 0.345 e. The SMILES string of the molecule is C=CC=O.NP(=O)(O)N(CCCl)CCCl.NP(=O)(OCC=O)N(CCCl)CCCl.O=P1(N(CCCl)CCCl)NC(O)CCO1.O=P1(N(CCCl)CCCl)NCCCO1. The Labute approximate surface area is 382 Å². The van der Waals surface area contributed by atoms with E-state index in [0.717, 1.165) is 13.0 Å². The summed E-state index contributed by atoms with van der Waals surface area (Å²) in [4.78, 5) is 28.0. The number of nitrogens with one attached hydrogen (secondary N) is 2. The second-order valence-electron chi connectivity index (χ2n) is 10.7. The number of carbonyl (C=O) groups excluding carboxylic acids is 2. The topological polar surface area (TPSA) is 260 Å². The van der Waals surface area contributed by atoms with Crippen molar-refractivity contribution in [3.05, 3.63) is 12.7 Å². The maximum Gasteiger partial charge on any atom is 0.345 e. The Morgan fingerprint density at radius 2 is 1.14 bits per heavy atom. The number of aliphatic hydroxyl groups is 1. The van der Waals surface area contributed by atoms with E-state index < -0.39 is 36.9 Å². The molecule has 0 aromatic carbocycles. The van der Waals surface area contributed by atoms with Crippen molar-refractivity contribution in [3.63, 3.8) is 0 Å². The Hall–Kier alpha value is 1.80. The fraction of sp³-hybridized carbons (Fsp3) is 0.852. The first kappa shape index (κ1) is 64.1. The Morgan fingerprint density at radius 1 is 0.741 bits per heavy atom. The van der Waals surface area contributed by atoms with Gasteiger partial charge in [0.15, 0.2) is 0 Å². The predicted molar refractivity (Wildman–Crippen MR) is 240 cm³/mol. The summed E-state index contributed by atoms with van der Waals surface area (Å²) < 4.78 is 67.9. The molecule has 348 valence electrons. The minimum atomic E-state index is -3.64. The van der Waals surface area contributed by atoms with Crippen molar-refractivity contribution in [2.45, 2.75) is 19.1 Å². The molecular formula is C27H58Cl8N8O11P4. The van der Waals surface area contributed by atoms with Gasteiger partial charge in [-0.25, -0.2) is 39.9 Å². The molecule has 0 amide bonds. The highest BCUT2D eigenvalue weighted by Gasteiger charge is 2.36. The number of halogens is 8. The normalized spacial score (nSPS) is 22.4. The molecule has 0 bridgehead atoms. The van der Waals surface area contributed by atoms with E-state index in [2.05, 4.69) is 16.8 Å². The van der Waals surface area contributed by atoms with Gasteiger partial charge >= 0.3 is 30.7 Å². The summed E-state index contributed by atoms with van der Waals surface area (Å²) in [6, 6.07) is 0. The monoisotopic (exact) mass is 1070 g/mol. The molecule has 19 nitrogen and oxygen atoms in total.